The number of allylic oxidation sites excluding steroid dienone is 1. The van der Waals surface area contributed by atoms with E-state index in [-0.39, 0.29) is 5.92 Å². The summed E-state index contributed by atoms with van der Waals surface area (Å²) in [4.78, 5) is 10.7. The van der Waals surface area contributed by atoms with Crippen LogP contribution in [-0.2, 0) is 0 Å². The Balaban J connectivity index is 1.61. The van der Waals surface area contributed by atoms with Crippen molar-refractivity contribution in [1.82, 2.24) is 9.97 Å². The summed E-state index contributed by atoms with van der Waals surface area (Å²) < 4.78 is 0. The highest BCUT2D eigenvalue weighted by molar-refractivity contribution is 5.92. The average Bonchev–Trinajstić information content (AvgIpc) is 3.22. The van der Waals surface area contributed by atoms with Crippen molar-refractivity contribution in [1.29, 1.82) is 0 Å². The van der Waals surface area contributed by atoms with Gasteiger partial charge in [0.15, 0.2) is 0 Å². The molecule has 144 valence electrons. The second-order valence-corrected chi connectivity index (χ2v) is 7.87. The van der Waals surface area contributed by atoms with Crippen LogP contribution in [0.2, 0.25) is 0 Å². The SMILES string of the molecule is CN1C=C(c2ccc3ccccc3n2)[C@H](c2c[nH]c3ccccc23)c2ccccc21. The molecule has 0 amide bonds. The van der Waals surface area contributed by atoms with Crippen LogP contribution in [0.1, 0.15) is 22.7 Å². The fourth-order valence-corrected chi connectivity index (χ4v) is 4.68. The van der Waals surface area contributed by atoms with Crippen molar-refractivity contribution in [3.05, 3.63) is 114 Å². The van der Waals surface area contributed by atoms with E-state index in [0.717, 1.165) is 22.1 Å². The second kappa shape index (κ2) is 6.60. The highest BCUT2D eigenvalue weighted by atomic mass is 15.1. The van der Waals surface area contributed by atoms with Gasteiger partial charge in [-0.25, -0.2) is 4.98 Å². The van der Waals surface area contributed by atoms with E-state index in [1.807, 2.05) is 6.07 Å². The molecule has 3 aromatic carbocycles. The molecule has 3 nitrogen and oxygen atoms in total. The molecule has 2 aromatic heterocycles. The molecule has 30 heavy (non-hydrogen) atoms. The predicted molar refractivity (Wildman–Crippen MR) is 125 cm³/mol. The lowest BCUT2D eigenvalue weighted by atomic mass is 9.80. The first-order valence-corrected chi connectivity index (χ1v) is 10.3. The highest BCUT2D eigenvalue weighted by Crippen LogP contribution is 2.46. The molecule has 0 saturated heterocycles. The van der Waals surface area contributed by atoms with Crippen LogP contribution in [0.4, 0.5) is 5.69 Å². The summed E-state index contributed by atoms with van der Waals surface area (Å²) in [6.45, 7) is 0. The number of rotatable bonds is 2. The number of H-pyrrole nitrogens is 1. The van der Waals surface area contributed by atoms with Crippen LogP contribution in [-0.4, -0.2) is 17.0 Å². The van der Waals surface area contributed by atoms with Gasteiger partial charge in [0.25, 0.3) is 0 Å². The molecule has 1 atom stereocenters. The van der Waals surface area contributed by atoms with Gasteiger partial charge < -0.3 is 9.88 Å². The predicted octanol–water partition coefficient (Wildman–Crippen LogP) is 6.34. The molecule has 1 aliphatic rings. The summed E-state index contributed by atoms with van der Waals surface area (Å²) in [5, 5.41) is 2.42. The second-order valence-electron chi connectivity index (χ2n) is 7.87. The van der Waals surface area contributed by atoms with Crippen LogP contribution in [0, 0.1) is 0 Å². The van der Waals surface area contributed by atoms with Gasteiger partial charge in [0.05, 0.1) is 11.2 Å². The fourth-order valence-electron chi connectivity index (χ4n) is 4.68. The van der Waals surface area contributed by atoms with E-state index >= 15 is 0 Å². The van der Waals surface area contributed by atoms with Gasteiger partial charge in [-0.15, -0.1) is 0 Å². The van der Waals surface area contributed by atoms with E-state index in [1.165, 1.54) is 27.8 Å². The Labute approximate surface area is 175 Å². The van der Waals surface area contributed by atoms with Crippen molar-refractivity contribution >= 4 is 33.1 Å². The molecule has 0 radical (unpaired) electrons. The van der Waals surface area contributed by atoms with Crippen LogP contribution >= 0.6 is 0 Å². The van der Waals surface area contributed by atoms with Crippen LogP contribution in [0.25, 0.3) is 27.4 Å². The molecule has 0 unspecified atom stereocenters. The molecule has 1 N–H and O–H groups in total. The van der Waals surface area contributed by atoms with E-state index in [0.29, 0.717) is 0 Å². The number of aromatic amines is 1. The molecular formula is C27H21N3. The summed E-state index contributed by atoms with van der Waals surface area (Å²) >= 11 is 0. The quantitative estimate of drug-likeness (QED) is 0.383. The monoisotopic (exact) mass is 387 g/mol. The molecule has 0 bridgehead atoms. The lowest BCUT2D eigenvalue weighted by Crippen LogP contribution is -2.21. The lowest BCUT2D eigenvalue weighted by Gasteiger charge is -2.32. The van der Waals surface area contributed by atoms with Crippen molar-refractivity contribution in [3.63, 3.8) is 0 Å². The van der Waals surface area contributed by atoms with Crippen LogP contribution in [0.3, 0.4) is 0 Å². The molecule has 0 aliphatic carbocycles. The number of para-hydroxylation sites is 3. The third kappa shape index (κ3) is 2.56. The minimum atomic E-state index is 0.113. The Morgan fingerprint density at radius 3 is 2.57 bits per heavy atom. The van der Waals surface area contributed by atoms with Crippen molar-refractivity contribution in [3.8, 4) is 0 Å². The van der Waals surface area contributed by atoms with Crippen molar-refractivity contribution in [2.75, 3.05) is 11.9 Å². The number of aromatic nitrogens is 2. The summed E-state index contributed by atoms with van der Waals surface area (Å²) in [6, 6.07) is 29.8. The standard InChI is InChI=1S/C27H21N3/c1-30-17-22(25-15-14-18-8-2-5-11-23(18)29-25)27(20-10-4-7-13-26(20)30)21-16-28-24-12-6-3-9-19(21)24/h2-17,27-28H,1H3/t27-/m0/s1. The molecule has 6 rings (SSSR count). The number of hydrogen-bond donors (Lipinski definition) is 1. The Hall–Kier alpha value is -3.85. The number of nitrogens with zero attached hydrogens (tertiary/aromatic N) is 2. The zero-order valence-corrected chi connectivity index (χ0v) is 16.7. The number of benzene rings is 3. The molecular weight excluding hydrogens is 366 g/mol. The lowest BCUT2D eigenvalue weighted by molar-refractivity contribution is 0.983. The van der Waals surface area contributed by atoms with Gasteiger partial charge in [-0.3, -0.25) is 0 Å². The molecule has 1 aliphatic heterocycles. The molecule has 0 spiro atoms. The minimum Gasteiger partial charge on any atom is -0.361 e. The normalized spacial score (nSPS) is 16.0. The average molecular weight is 387 g/mol. The van der Waals surface area contributed by atoms with Gasteiger partial charge in [-0.2, -0.15) is 0 Å². The zero-order valence-electron chi connectivity index (χ0n) is 16.7. The zero-order chi connectivity index (χ0) is 20.1. The van der Waals surface area contributed by atoms with Gasteiger partial charge in [-0.1, -0.05) is 60.7 Å². The first-order valence-electron chi connectivity index (χ1n) is 10.3. The van der Waals surface area contributed by atoms with Crippen molar-refractivity contribution in [2.24, 2.45) is 0 Å². The largest absolute Gasteiger partial charge is 0.361 e. The molecule has 3 heterocycles. The molecule has 5 aromatic rings. The van der Waals surface area contributed by atoms with E-state index in [1.54, 1.807) is 0 Å². The number of pyridine rings is 1. The van der Waals surface area contributed by atoms with E-state index in [9.17, 15) is 0 Å². The minimum absolute atomic E-state index is 0.113. The first kappa shape index (κ1) is 17.0. The van der Waals surface area contributed by atoms with Gasteiger partial charge in [0.1, 0.15) is 0 Å². The van der Waals surface area contributed by atoms with E-state index in [4.69, 9.17) is 4.98 Å². The smallest absolute Gasteiger partial charge is 0.0709 e. The maximum absolute atomic E-state index is 5.04. The third-order valence-corrected chi connectivity index (χ3v) is 6.10. The molecule has 0 fully saturated rings. The third-order valence-electron chi connectivity index (χ3n) is 6.10. The van der Waals surface area contributed by atoms with E-state index < -0.39 is 0 Å². The fraction of sp³-hybridized carbons (Fsp3) is 0.0741. The number of anilines is 1. The van der Waals surface area contributed by atoms with Crippen LogP contribution < -0.4 is 4.90 Å². The van der Waals surface area contributed by atoms with Gasteiger partial charge in [0, 0.05) is 52.9 Å². The maximum atomic E-state index is 5.04. The summed E-state index contributed by atoms with van der Waals surface area (Å²) in [5.74, 6) is 0.113. The highest BCUT2D eigenvalue weighted by Gasteiger charge is 2.30. The van der Waals surface area contributed by atoms with Gasteiger partial charge in [-0.05, 0) is 35.4 Å². The van der Waals surface area contributed by atoms with Gasteiger partial charge >= 0.3 is 0 Å². The van der Waals surface area contributed by atoms with Crippen molar-refractivity contribution in [2.45, 2.75) is 5.92 Å². The number of hydrogen-bond acceptors (Lipinski definition) is 2. The Kier molecular flexibility index (Phi) is 3.75. The molecule has 0 saturated carbocycles. The Morgan fingerprint density at radius 2 is 1.60 bits per heavy atom. The van der Waals surface area contributed by atoms with Crippen LogP contribution in [0.15, 0.2) is 97.3 Å². The topological polar surface area (TPSA) is 31.9 Å². The first-order chi connectivity index (χ1) is 14.8. The summed E-state index contributed by atoms with van der Waals surface area (Å²) in [7, 11) is 2.12. The Bertz CT molecular complexity index is 1430. The Morgan fingerprint density at radius 1 is 0.800 bits per heavy atom. The van der Waals surface area contributed by atoms with E-state index in [2.05, 4.69) is 108 Å². The number of nitrogens with one attached hydrogen (secondary N) is 1. The van der Waals surface area contributed by atoms with Crippen LogP contribution in [0.5, 0.6) is 0 Å². The number of fused-ring (bicyclic) bond motifs is 3. The van der Waals surface area contributed by atoms with Crippen molar-refractivity contribution < 1.29 is 0 Å². The summed E-state index contributed by atoms with van der Waals surface area (Å²) in [5.41, 5.74) is 8.24. The maximum Gasteiger partial charge on any atom is 0.0709 e. The van der Waals surface area contributed by atoms with Gasteiger partial charge in [0.2, 0.25) is 0 Å². The molecule has 3 heteroatoms. The summed E-state index contributed by atoms with van der Waals surface area (Å²) in [6.07, 6.45) is 4.40.